The van der Waals surface area contributed by atoms with Gasteiger partial charge in [0.05, 0.1) is 18.9 Å². The van der Waals surface area contributed by atoms with Crippen LogP contribution in [0.1, 0.15) is 22.3 Å². The van der Waals surface area contributed by atoms with E-state index in [0.717, 1.165) is 13.3 Å². The Morgan fingerprint density at radius 1 is 1.60 bits per heavy atom. The molecule has 0 unspecified atom stereocenters. The molecule has 0 radical (unpaired) electrons. The second-order valence-electron chi connectivity index (χ2n) is 2.48. The summed E-state index contributed by atoms with van der Waals surface area (Å²) >= 11 is 4.98. The van der Waals surface area contributed by atoms with E-state index in [4.69, 9.17) is 11.6 Å². The maximum absolute atomic E-state index is 13.0. The average molecular weight is 240 g/mol. The molecule has 0 amide bonds. The zero-order chi connectivity index (χ0) is 11.6. The third kappa shape index (κ3) is 2.20. The van der Waals surface area contributed by atoms with Gasteiger partial charge in [0.2, 0.25) is 5.95 Å². The number of nitrogens with zero attached hydrogens (tertiary/aromatic N) is 1. The van der Waals surface area contributed by atoms with E-state index < -0.39 is 28.7 Å². The van der Waals surface area contributed by atoms with E-state index in [2.05, 4.69) is 9.72 Å². The molecule has 1 heterocycles. The molecule has 1 aromatic rings. The maximum atomic E-state index is 13.0. The first-order valence-corrected chi connectivity index (χ1v) is 4.07. The van der Waals surface area contributed by atoms with Crippen molar-refractivity contribution in [1.29, 1.82) is 0 Å². The van der Waals surface area contributed by atoms with Gasteiger partial charge >= 0.3 is 0 Å². The van der Waals surface area contributed by atoms with Gasteiger partial charge in [0.1, 0.15) is 11.3 Å². The van der Waals surface area contributed by atoms with Crippen molar-refractivity contribution in [2.24, 2.45) is 0 Å². The number of rotatable bonds is 3. The Kier molecular flexibility index (Phi) is 3.52. The van der Waals surface area contributed by atoms with Crippen LogP contribution in [-0.4, -0.2) is 17.3 Å². The summed E-state index contributed by atoms with van der Waals surface area (Å²) in [6.07, 6.45) is -2.31. The Morgan fingerprint density at radius 2 is 2.20 bits per heavy atom. The molecule has 0 bridgehead atoms. The van der Waals surface area contributed by atoms with E-state index in [9.17, 15) is 18.0 Å². The zero-order valence-electron chi connectivity index (χ0n) is 7.43. The number of ether oxygens (including phenoxy) is 1. The number of pyridine rings is 1. The number of hydrogen-bond donors (Lipinski definition) is 0. The van der Waals surface area contributed by atoms with Gasteiger partial charge in [0.15, 0.2) is 0 Å². The van der Waals surface area contributed by atoms with E-state index in [1.54, 1.807) is 0 Å². The number of alkyl halides is 2. The number of carbonyl (C=O) groups excluding carboxylic acids is 1. The first kappa shape index (κ1) is 11.8. The second-order valence-corrected chi connectivity index (χ2v) is 2.82. The molecule has 1 rings (SSSR count). The molecule has 0 aliphatic heterocycles. The van der Waals surface area contributed by atoms with E-state index >= 15 is 0 Å². The van der Waals surface area contributed by atoms with Gasteiger partial charge < -0.3 is 4.74 Å². The lowest BCUT2D eigenvalue weighted by Gasteiger charge is -2.10. The molecule has 15 heavy (non-hydrogen) atoms. The van der Waals surface area contributed by atoms with Crippen molar-refractivity contribution in [1.82, 2.24) is 4.98 Å². The monoisotopic (exact) mass is 239 g/mol. The standard InChI is InChI=1S/C8H5ClF3NO2/c1-15-3-2-13-8(12)5(6(9)14)4(3)7(10)11/h2,7H,1H3. The zero-order valence-corrected chi connectivity index (χ0v) is 8.19. The summed E-state index contributed by atoms with van der Waals surface area (Å²) in [7, 11) is 1.10. The number of carbonyl (C=O) groups is 1. The van der Waals surface area contributed by atoms with Crippen molar-refractivity contribution in [3.63, 3.8) is 0 Å². The Bertz CT molecular complexity index is 398. The molecule has 0 fully saturated rings. The minimum Gasteiger partial charge on any atom is -0.495 e. The minimum absolute atomic E-state index is 0.379. The van der Waals surface area contributed by atoms with Gasteiger partial charge in [-0.05, 0) is 11.6 Å². The minimum atomic E-state index is -3.07. The van der Waals surface area contributed by atoms with Crippen molar-refractivity contribution in [3.05, 3.63) is 23.3 Å². The predicted molar refractivity (Wildman–Crippen MR) is 45.9 cm³/mol. The molecule has 0 atom stereocenters. The molecule has 0 aliphatic rings. The fourth-order valence-electron chi connectivity index (χ4n) is 1.05. The van der Waals surface area contributed by atoms with Gasteiger partial charge in [-0.25, -0.2) is 13.8 Å². The maximum Gasteiger partial charge on any atom is 0.268 e. The van der Waals surface area contributed by atoms with Crippen LogP contribution in [0.25, 0.3) is 0 Å². The molecule has 1 aromatic heterocycles. The van der Waals surface area contributed by atoms with Gasteiger partial charge in [0.25, 0.3) is 11.7 Å². The molecule has 0 aromatic carbocycles. The molecular weight excluding hydrogens is 235 g/mol. The summed E-state index contributed by atoms with van der Waals surface area (Å²) < 4.78 is 42.6. The predicted octanol–water partition coefficient (Wildman–Crippen LogP) is 2.55. The van der Waals surface area contributed by atoms with Crippen LogP contribution in [0.5, 0.6) is 5.75 Å². The van der Waals surface area contributed by atoms with Gasteiger partial charge in [-0.3, -0.25) is 4.79 Å². The summed E-state index contributed by atoms with van der Waals surface area (Å²) in [5.74, 6) is -1.72. The molecule has 0 aliphatic carbocycles. The number of halogens is 4. The molecule has 82 valence electrons. The first-order valence-electron chi connectivity index (χ1n) is 3.69. The number of methoxy groups -OCH3 is 1. The van der Waals surface area contributed by atoms with Gasteiger partial charge in [0, 0.05) is 0 Å². The lowest BCUT2D eigenvalue weighted by molar-refractivity contribution is 0.105. The summed E-state index contributed by atoms with van der Waals surface area (Å²) in [5, 5.41) is -1.34. The van der Waals surface area contributed by atoms with Crippen molar-refractivity contribution in [3.8, 4) is 5.75 Å². The molecule has 0 spiro atoms. The molecule has 0 saturated carbocycles. The lowest BCUT2D eigenvalue weighted by Crippen LogP contribution is -2.07. The van der Waals surface area contributed by atoms with E-state index in [-0.39, 0.29) is 5.75 Å². The van der Waals surface area contributed by atoms with Crippen LogP contribution in [0.3, 0.4) is 0 Å². The van der Waals surface area contributed by atoms with Crippen LogP contribution in [0.15, 0.2) is 6.20 Å². The molecule has 0 N–H and O–H groups in total. The van der Waals surface area contributed by atoms with Crippen LogP contribution in [-0.2, 0) is 0 Å². The highest BCUT2D eigenvalue weighted by Crippen LogP contribution is 2.33. The van der Waals surface area contributed by atoms with Crippen molar-refractivity contribution in [2.75, 3.05) is 7.11 Å². The summed E-state index contributed by atoms with van der Waals surface area (Å²) in [6.45, 7) is 0. The smallest absolute Gasteiger partial charge is 0.268 e. The summed E-state index contributed by atoms with van der Waals surface area (Å²) in [6, 6.07) is 0. The van der Waals surface area contributed by atoms with Crippen molar-refractivity contribution < 1.29 is 22.7 Å². The highest BCUT2D eigenvalue weighted by atomic mass is 35.5. The number of hydrogen-bond acceptors (Lipinski definition) is 3. The SMILES string of the molecule is COc1cnc(F)c(C(=O)Cl)c1C(F)F. The Balaban J connectivity index is 3.51. The molecular formula is C8H5ClF3NO2. The van der Waals surface area contributed by atoms with Crippen LogP contribution in [0.2, 0.25) is 0 Å². The van der Waals surface area contributed by atoms with Crippen molar-refractivity contribution >= 4 is 16.8 Å². The van der Waals surface area contributed by atoms with Crippen LogP contribution < -0.4 is 4.74 Å². The van der Waals surface area contributed by atoms with Crippen molar-refractivity contribution in [2.45, 2.75) is 6.43 Å². The highest BCUT2D eigenvalue weighted by molar-refractivity contribution is 6.68. The molecule has 3 nitrogen and oxygen atoms in total. The van der Waals surface area contributed by atoms with E-state index in [1.165, 1.54) is 0 Å². The van der Waals surface area contributed by atoms with Gasteiger partial charge in [-0.2, -0.15) is 4.39 Å². The van der Waals surface area contributed by atoms with Gasteiger partial charge in [-0.15, -0.1) is 0 Å². The van der Waals surface area contributed by atoms with E-state index in [0.29, 0.717) is 0 Å². The van der Waals surface area contributed by atoms with Gasteiger partial charge in [-0.1, -0.05) is 0 Å². The third-order valence-corrected chi connectivity index (χ3v) is 1.86. The van der Waals surface area contributed by atoms with E-state index in [1.807, 2.05) is 0 Å². The topological polar surface area (TPSA) is 39.2 Å². The average Bonchev–Trinajstić information content (AvgIpc) is 2.16. The normalized spacial score (nSPS) is 10.5. The highest BCUT2D eigenvalue weighted by Gasteiger charge is 2.26. The second kappa shape index (κ2) is 4.48. The number of aromatic nitrogens is 1. The summed E-state index contributed by atoms with van der Waals surface area (Å²) in [4.78, 5) is 13.8. The van der Waals surface area contributed by atoms with Crippen LogP contribution >= 0.6 is 11.6 Å². The molecule has 0 saturated heterocycles. The fraction of sp³-hybridized carbons (Fsp3) is 0.250. The van der Waals surface area contributed by atoms with Crippen LogP contribution in [0, 0.1) is 5.95 Å². The fourth-order valence-corrected chi connectivity index (χ4v) is 1.23. The van der Waals surface area contributed by atoms with Crippen LogP contribution in [0.4, 0.5) is 13.2 Å². The lowest BCUT2D eigenvalue weighted by atomic mass is 10.1. The quantitative estimate of drug-likeness (QED) is 0.601. The summed E-state index contributed by atoms with van der Waals surface area (Å²) in [5.41, 5.74) is -1.84. The molecule has 7 heteroatoms. The Morgan fingerprint density at radius 3 is 2.60 bits per heavy atom. The third-order valence-electron chi connectivity index (χ3n) is 1.67. The Labute approximate surface area is 87.8 Å². The Hall–Kier alpha value is -1.30. The first-order chi connectivity index (χ1) is 6.99. The largest absolute Gasteiger partial charge is 0.495 e.